The molecule has 1 aromatic heterocycles. The van der Waals surface area contributed by atoms with Crippen molar-refractivity contribution in [1.29, 1.82) is 0 Å². The van der Waals surface area contributed by atoms with Crippen molar-refractivity contribution in [3.8, 4) is 16.9 Å². The van der Waals surface area contributed by atoms with Gasteiger partial charge in [0.15, 0.2) is 0 Å². The van der Waals surface area contributed by atoms with Crippen LogP contribution in [0.25, 0.3) is 11.1 Å². The second-order valence-electron chi connectivity index (χ2n) is 7.02. The van der Waals surface area contributed by atoms with E-state index in [1.807, 2.05) is 30.5 Å². The molecule has 2 aromatic carbocycles. The SMILES string of the molecule is COc1ccc(Cc2ccc(N3CCCC3)nc2)c(F)c1-c1cccc(Cl)c1. The van der Waals surface area contributed by atoms with Crippen molar-refractivity contribution in [1.82, 2.24) is 4.98 Å². The van der Waals surface area contributed by atoms with Gasteiger partial charge in [0.25, 0.3) is 0 Å². The summed E-state index contributed by atoms with van der Waals surface area (Å²) in [6.07, 6.45) is 4.74. The Hall–Kier alpha value is -2.59. The molecule has 0 bridgehead atoms. The van der Waals surface area contributed by atoms with Gasteiger partial charge < -0.3 is 9.64 Å². The predicted molar refractivity (Wildman–Crippen MR) is 112 cm³/mol. The van der Waals surface area contributed by atoms with E-state index in [1.54, 1.807) is 31.4 Å². The molecule has 3 aromatic rings. The molecule has 144 valence electrons. The van der Waals surface area contributed by atoms with E-state index in [0.29, 0.717) is 33.9 Å². The first-order valence-corrected chi connectivity index (χ1v) is 9.84. The van der Waals surface area contributed by atoms with Crippen molar-refractivity contribution >= 4 is 17.4 Å². The lowest BCUT2D eigenvalue weighted by molar-refractivity contribution is 0.413. The molecule has 2 heterocycles. The lowest BCUT2D eigenvalue weighted by atomic mass is 9.97. The Bertz CT molecular complexity index is 969. The molecule has 5 heteroatoms. The average Bonchev–Trinajstić information content (AvgIpc) is 3.24. The van der Waals surface area contributed by atoms with Crippen LogP contribution in [0.1, 0.15) is 24.0 Å². The van der Waals surface area contributed by atoms with Crippen LogP contribution in [0, 0.1) is 5.82 Å². The molecule has 0 atom stereocenters. The molecule has 1 fully saturated rings. The monoisotopic (exact) mass is 396 g/mol. The first-order valence-electron chi connectivity index (χ1n) is 9.47. The molecule has 0 radical (unpaired) electrons. The maximum Gasteiger partial charge on any atom is 0.138 e. The molecular formula is C23H22ClFN2O. The molecule has 0 unspecified atom stereocenters. The van der Waals surface area contributed by atoms with Crippen LogP contribution in [0.5, 0.6) is 5.75 Å². The van der Waals surface area contributed by atoms with E-state index in [4.69, 9.17) is 16.3 Å². The summed E-state index contributed by atoms with van der Waals surface area (Å²) in [7, 11) is 1.55. The summed E-state index contributed by atoms with van der Waals surface area (Å²) in [5, 5.41) is 0.561. The molecule has 1 aliphatic heterocycles. The highest BCUT2D eigenvalue weighted by Crippen LogP contribution is 2.36. The quantitative estimate of drug-likeness (QED) is 0.549. The number of methoxy groups -OCH3 is 1. The van der Waals surface area contributed by atoms with E-state index in [1.165, 1.54) is 12.8 Å². The number of nitrogens with zero attached hydrogens (tertiary/aromatic N) is 2. The smallest absolute Gasteiger partial charge is 0.138 e. The van der Waals surface area contributed by atoms with E-state index in [9.17, 15) is 0 Å². The van der Waals surface area contributed by atoms with Crippen molar-refractivity contribution in [3.05, 3.63) is 76.7 Å². The standard InChI is InChI=1S/C23H22ClFN2O/c1-28-20-9-8-18(23(25)22(20)17-5-4-6-19(24)14-17)13-16-7-10-21(26-15-16)27-11-2-3-12-27/h4-10,14-15H,2-3,11-13H2,1H3. The lowest BCUT2D eigenvalue weighted by Crippen LogP contribution is -2.18. The van der Waals surface area contributed by atoms with E-state index in [-0.39, 0.29) is 5.82 Å². The molecule has 1 saturated heterocycles. The summed E-state index contributed by atoms with van der Waals surface area (Å²) in [5.41, 5.74) is 2.71. The summed E-state index contributed by atoms with van der Waals surface area (Å²) in [6, 6.07) is 14.8. The number of hydrogen-bond acceptors (Lipinski definition) is 3. The van der Waals surface area contributed by atoms with E-state index < -0.39 is 0 Å². The number of halogens is 2. The van der Waals surface area contributed by atoms with Gasteiger partial charge in [0, 0.05) is 30.7 Å². The van der Waals surface area contributed by atoms with Crippen molar-refractivity contribution in [2.75, 3.05) is 25.1 Å². The Labute approximate surface area is 169 Å². The predicted octanol–water partition coefficient (Wildman–Crippen LogP) is 5.74. The summed E-state index contributed by atoms with van der Waals surface area (Å²) < 4.78 is 20.8. The van der Waals surface area contributed by atoms with Gasteiger partial charge in [-0.15, -0.1) is 0 Å². The largest absolute Gasteiger partial charge is 0.496 e. The molecule has 0 saturated carbocycles. The van der Waals surface area contributed by atoms with E-state index in [2.05, 4.69) is 9.88 Å². The van der Waals surface area contributed by atoms with Gasteiger partial charge in [-0.3, -0.25) is 0 Å². The van der Waals surface area contributed by atoms with Gasteiger partial charge in [-0.25, -0.2) is 9.37 Å². The van der Waals surface area contributed by atoms with Gasteiger partial charge in [-0.05, 0) is 53.8 Å². The van der Waals surface area contributed by atoms with Gasteiger partial charge in [-0.2, -0.15) is 0 Å². The first-order chi connectivity index (χ1) is 13.7. The number of pyridine rings is 1. The maximum atomic E-state index is 15.4. The molecule has 28 heavy (non-hydrogen) atoms. The van der Waals surface area contributed by atoms with Crippen molar-refractivity contribution in [3.63, 3.8) is 0 Å². The molecular weight excluding hydrogens is 375 g/mol. The number of aromatic nitrogens is 1. The zero-order chi connectivity index (χ0) is 19.5. The van der Waals surface area contributed by atoms with E-state index >= 15 is 4.39 Å². The summed E-state index contributed by atoms with van der Waals surface area (Å²) >= 11 is 6.11. The first kappa shape index (κ1) is 18.8. The van der Waals surface area contributed by atoms with Crippen LogP contribution in [-0.2, 0) is 6.42 Å². The molecule has 0 aliphatic carbocycles. The average molecular weight is 397 g/mol. The third kappa shape index (κ3) is 3.83. The third-order valence-corrected chi connectivity index (χ3v) is 5.39. The Morgan fingerprint density at radius 2 is 1.93 bits per heavy atom. The number of ether oxygens (including phenoxy) is 1. The zero-order valence-corrected chi connectivity index (χ0v) is 16.5. The number of hydrogen-bond donors (Lipinski definition) is 0. The molecule has 1 aliphatic rings. The topological polar surface area (TPSA) is 25.4 Å². The molecule has 3 nitrogen and oxygen atoms in total. The molecule has 0 N–H and O–H groups in total. The van der Waals surface area contributed by atoms with Crippen LogP contribution in [0.3, 0.4) is 0 Å². The maximum absolute atomic E-state index is 15.4. The summed E-state index contributed by atoms with van der Waals surface area (Å²) in [5.74, 6) is 1.20. The zero-order valence-electron chi connectivity index (χ0n) is 15.8. The fourth-order valence-electron chi connectivity index (χ4n) is 3.70. The Balaban J connectivity index is 1.64. The number of benzene rings is 2. The van der Waals surface area contributed by atoms with Gasteiger partial charge >= 0.3 is 0 Å². The summed E-state index contributed by atoms with van der Waals surface area (Å²) in [4.78, 5) is 6.86. The second-order valence-corrected chi connectivity index (χ2v) is 7.46. The van der Waals surface area contributed by atoms with Crippen LogP contribution in [-0.4, -0.2) is 25.2 Å². The normalized spacial score (nSPS) is 13.8. The minimum atomic E-state index is -0.287. The van der Waals surface area contributed by atoms with Crippen LogP contribution >= 0.6 is 11.6 Å². The number of anilines is 1. The van der Waals surface area contributed by atoms with Crippen LogP contribution in [0.4, 0.5) is 10.2 Å². The summed E-state index contributed by atoms with van der Waals surface area (Å²) in [6.45, 7) is 2.12. The van der Waals surface area contributed by atoms with Gasteiger partial charge in [0.1, 0.15) is 17.4 Å². The van der Waals surface area contributed by atoms with Gasteiger partial charge in [0.2, 0.25) is 0 Å². The van der Waals surface area contributed by atoms with Gasteiger partial charge in [-0.1, -0.05) is 35.9 Å². The molecule has 4 rings (SSSR count). The molecule has 0 spiro atoms. The Kier molecular flexibility index (Phi) is 5.49. The van der Waals surface area contributed by atoms with Crippen LogP contribution in [0.2, 0.25) is 5.02 Å². The van der Waals surface area contributed by atoms with E-state index in [0.717, 1.165) is 24.5 Å². The van der Waals surface area contributed by atoms with Crippen molar-refractivity contribution < 1.29 is 9.13 Å². The highest BCUT2D eigenvalue weighted by molar-refractivity contribution is 6.30. The Morgan fingerprint density at radius 1 is 1.11 bits per heavy atom. The fraction of sp³-hybridized carbons (Fsp3) is 0.261. The lowest BCUT2D eigenvalue weighted by Gasteiger charge is -2.17. The van der Waals surface area contributed by atoms with Crippen LogP contribution < -0.4 is 9.64 Å². The van der Waals surface area contributed by atoms with Crippen molar-refractivity contribution in [2.45, 2.75) is 19.3 Å². The molecule has 0 amide bonds. The highest BCUT2D eigenvalue weighted by atomic mass is 35.5. The van der Waals surface area contributed by atoms with Gasteiger partial charge in [0.05, 0.1) is 12.7 Å². The number of rotatable bonds is 5. The fourth-order valence-corrected chi connectivity index (χ4v) is 3.89. The van der Waals surface area contributed by atoms with Crippen LogP contribution in [0.15, 0.2) is 54.7 Å². The third-order valence-electron chi connectivity index (χ3n) is 5.15. The van der Waals surface area contributed by atoms with Crippen molar-refractivity contribution in [2.24, 2.45) is 0 Å². The minimum Gasteiger partial charge on any atom is -0.496 e. The highest BCUT2D eigenvalue weighted by Gasteiger charge is 2.17. The minimum absolute atomic E-state index is 0.287. The second kappa shape index (κ2) is 8.19. The Morgan fingerprint density at radius 3 is 2.61 bits per heavy atom.